The Morgan fingerprint density at radius 3 is 2.73 bits per heavy atom. The Morgan fingerprint density at radius 1 is 1.27 bits per heavy atom. The molecule has 0 aromatic carbocycles. The van der Waals surface area contributed by atoms with E-state index < -0.39 is 5.97 Å². The molecular weight excluding hydrogens is 384 g/mol. The first-order valence-electron chi connectivity index (χ1n) is 10.0. The number of hydrogen-bond donors (Lipinski definition) is 0. The van der Waals surface area contributed by atoms with Crippen LogP contribution in [0.2, 0.25) is 0 Å². The zero-order valence-electron chi connectivity index (χ0n) is 18.2. The van der Waals surface area contributed by atoms with Gasteiger partial charge in [0.2, 0.25) is 5.95 Å². The van der Waals surface area contributed by atoms with Crippen LogP contribution in [-0.2, 0) is 22.4 Å². The molecule has 3 aromatic heterocycles. The fraction of sp³-hybridized carbons (Fsp3) is 0.476. The van der Waals surface area contributed by atoms with Gasteiger partial charge in [0.1, 0.15) is 11.0 Å². The molecule has 0 fully saturated rings. The molecule has 3 aromatic rings. The minimum Gasteiger partial charge on any atom is -0.464 e. The van der Waals surface area contributed by atoms with Crippen LogP contribution in [0.4, 0.5) is 5.95 Å². The first-order valence-corrected chi connectivity index (χ1v) is 10.0. The molecule has 3 heterocycles. The molecular formula is C21H28N6O3. The van der Waals surface area contributed by atoms with E-state index >= 15 is 0 Å². The number of pyridine rings is 1. The van der Waals surface area contributed by atoms with Crippen LogP contribution in [0.25, 0.3) is 11.0 Å². The summed E-state index contributed by atoms with van der Waals surface area (Å²) < 4.78 is 12.2. The average molecular weight is 412 g/mol. The second kappa shape index (κ2) is 9.62. The number of esters is 1. The van der Waals surface area contributed by atoms with Crippen LogP contribution in [0, 0.1) is 6.92 Å². The Balaban J connectivity index is 2.21. The number of methoxy groups -OCH3 is 1. The van der Waals surface area contributed by atoms with Crippen molar-refractivity contribution in [3.8, 4) is 0 Å². The van der Waals surface area contributed by atoms with E-state index in [-0.39, 0.29) is 5.69 Å². The van der Waals surface area contributed by atoms with Crippen LogP contribution < -0.4 is 4.90 Å². The molecule has 0 aliphatic rings. The van der Waals surface area contributed by atoms with Gasteiger partial charge in [0.25, 0.3) is 0 Å². The van der Waals surface area contributed by atoms with Crippen LogP contribution >= 0.6 is 0 Å². The molecule has 0 amide bonds. The first kappa shape index (κ1) is 21.6. The number of carbonyl (C=O) groups excluding carboxylic acids is 1. The fourth-order valence-electron chi connectivity index (χ4n) is 3.14. The van der Waals surface area contributed by atoms with Crippen molar-refractivity contribution in [2.75, 3.05) is 38.8 Å². The summed E-state index contributed by atoms with van der Waals surface area (Å²) in [4.78, 5) is 28.3. The largest absolute Gasteiger partial charge is 0.464 e. The van der Waals surface area contributed by atoms with Crippen molar-refractivity contribution in [2.45, 2.75) is 33.7 Å². The number of anilines is 1. The topological polar surface area (TPSA) is 95.3 Å². The maximum absolute atomic E-state index is 12.4. The van der Waals surface area contributed by atoms with Gasteiger partial charge in [-0.3, -0.25) is 9.67 Å². The maximum atomic E-state index is 12.4. The molecule has 0 bridgehead atoms. The molecule has 9 nitrogen and oxygen atoms in total. The van der Waals surface area contributed by atoms with E-state index in [2.05, 4.69) is 15.1 Å². The molecule has 0 saturated heterocycles. The number of aromatic nitrogens is 5. The maximum Gasteiger partial charge on any atom is 0.360 e. The Hall–Kier alpha value is -3.07. The smallest absolute Gasteiger partial charge is 0.360 e. The quantitative estimate of drug-likeness (QED) is 0.391. The van der Waals surface area contributed by atoms with E-state index in [4.69, 9.17) is 14.5 Å². The molecule has 0 aliphatic heterocycles. The van der Waals surface area contributed by atoms with E-state index in [1.807, 2.05) is 44.9 Å². The fourth-order valence-corrected chi connectivity index (χ4v) is 3.14. The predicted octanol–water partition coefficient (Wildman–Crippen LogP) is 2.40. The van der Waals surface area contributed by atoms with E-state index in [1.54, 1.807) is 10.9 Å². The zero-order chi connectivity index (χ0) is 21.7. The van der Waals surface area contributed by atoms with E-state index in [9.17, 15) is 4.79 Å². The molecule has 0 aliphatic carbocycles. The van der Waals surface area contributed by atoms with Gasteiger partial charge in [-0.15, -0.1) is 0 Å². The van der Waals surface area contributed by atoms with Gasteiger partial charge in [-0.25, -0.2) is 14.8 Å². The van der Waals surface area contributed by atoms with Crippen LogP contribution in [0.1, 0.15) is 41.3 Å². The molecule has 160 valence electrons. The van der Waals surface area contributed by atoms with E-state index in [0.29, 0.717) is 43.2 Å². The summed E-state index contributed by atoms with van der Waals surface area (Å²) in [6, 6.07) is 3.98. The SMILES string of the molecule is CCOCCn1nc(C(=O)OC)c2nc(N(C)CC)nc(Cc3cc(C)ccn3)c21. The molecule has 0 N–H and O–H groups in total. The Bertz CT molecular complexity index is 1030. The van der Waals surface area contributed by atoms with Crippen molar-refractivity contribution in [3.05, 3.63) is 41.0 Å². The monoisotopic (exact) mass is 412 g/mol. The number of ether oxygens (including phenoxy) is 2. The number of fused-ring (bicyclic) bond motifs is 1. The van der Waals surface area contributed by atoms with Crippen LogP contribution in [0.3, 0.4) is 0 Å². The highest BCUT2D eigenvalue weighted by Crippen LogP contribution is 2.25. The number of carbonyl (C=O) groups is 1. The van der Waals surface area contributed by atoms with Crippen molar-refractivity contribution >= 4 is 23.0 Å². The highest BCUT2D eigenvalue weighted by atomic mass is 16.5. The Labute approximate surface area is 176 Å². The third-order valence-corrected chi connectivity index (χ3v) is 4.81. The molecule has 0 unspecified atom stereocenters. The molecule has 3 rings (SSSR count). The van der Waals surface area contributed by atoms with Gasteiger partial charge in [0.15, 0.2) is 5.69 Å². The lowest BCUT2D eigenvalue weighted by Gasteiger charge is -2.16. The van der Waals surface area contributed by atoms with Gasteiger partial charge < -0.3 is 14.4 Å². The molecule has 30 heavy (non-hydrogen) atoms. The van der Waals surface area contributed by atoms with Gasteiger partial charge in [0.05, 0.1) is 26.0 Å². The normalized spacial score (nSPS) is 11.1. The number of rotatable bonds is 9. The van der Waals surface area contributed by atoms with Gasteiger partial charge in [-0.2, -0.15) is 5.10 Å². The number of aryl methyl sites for hydroxylation is 1. The van der Waals surface area contributed by atoms with Crippen LogP contribution in [0.15, 0.2) is 18.3 Å². The average Bonchev–Trinajstić information content (AvgIpc) is 3.11. The molecule has 9 heteroatoms. The van der Waals surface area contributed by atoms with Crippen molar-refractivity contribution in [2.24, 2.45) is 0 Å². The minimum absolute atomic E-state index is 0.176. The highest BCUT2D eigenvalue weighted by molar-refractivity contribution is 6.01. The molecule has 0 spiro atoms. The van der Waals surface area contributed by atoms with Crippen molar-refractivity contribution in [3.63, 3.8) is 0 Å². The number of hydrogen-bond acceptors (Lipinski definition) is 8. The summed E-state index contributed by atoms with van der Waals surface area (Å²) in [5.74, 6) is 0.000700. The third-order valence-electron chi connectivity index (χ3n) is 4.81. The van der Waals surface area contributed by atoms with Gasteiger partial charge in [-0.05, 0) is 38.5 Å². The summed E-state index contributed by atoms with van der Waals surface area (Å²) in [5.41, 5.74) is 4.12. The second-order valence-corrected chi connectivity index (χ2v) is 6.94. The van der Waals surface area contributed by atoms with E-state index in [0.717, 1.165) is 23.5 Å². The van der Waals surface area contributed by atoms with Gasteiger partial charge in [0, 0.05) is 38.5 Å². The van der Waals surface area contributed by atoms with Crippen molar-refractivity contribution in [1.82, 2.24) is 24.7 Å². The van der Waals surface area contributed by atoms with Gasteiger partial charge in [-0.1, -0.05) is 0 Å². The first-order chi connectivity index (χ1) is 14.5. The van der Waals surface area contributed by atoms with Crippen molar-refractivity contribution in [1.29, 1.82) is 0 Å². The van der Waals surface area contributed by atoms with Crippen LogP contribution in [-0.4, -0.2) is 64.6 Å². The summed E-state index contributed by atoms with van der Waals surface area (Å²) in [7, 11) is 3.25. The minimum atomic E-state index is -0.529. The standard InChI is InChI=1S/C21H28N6O3/c1-6-26(4)21-23-16(13-15-12-14(3)8-9-22-15)19-17(24-21)18(20(28)29-5)25-27(19)10-11-30-7-2/h8-9,12H,6-7,10-11,13H2,1-5H3. The summed E-state index contributed by atoms with van der Waals surface area (Å²) in [6.45, 7) is 8.24. The van der Waals surface area contributed by atoms with E-state index in [1.165, 1.54) is 7.11 Å². The molecule has 0 atom stereocenters. The summed E-state index contributed by atoms with van der Waals surface area (Å²) in [5, 5.41) is 4.50. The Morgan fingerprint density at radius 2 is 2.07 bits per heavy atom. The zero-order valence-corrected chi connectivity index (χ0v) is 18.2. The summed E-state index contributed by atoms with van der Waals surface area (Å²) in [6.07, 6.45) is 2.28. The summed E-state index contributed by atoms with van der Waals surface area (Å²) >= 11 is 0. The Kier molecular flexibility index (Phi) is 6.94. The third kappa shape index (κ3) is 4.56. The highest BCUT2D eigenvalue weighted by Gasteiger charge is 2.24. The second-order valence-electron chi connectivity index (χ2n) is 6.94. The lowest BCUT2D eigenvalue weighted by molar-refractivity contribution is 0.0594. The molecule has 0 radical (unpaired) electrons. The lowest BCUT2D eigenvalue weighted by Crippen LogP contribution is -2.20. The lowest BCUT2D eigenvalue weighted by atomic mass is 10.1. The predicted molar refractivity (Wildman–Crippen MR) is 114 cm³/mol. The molecule has 0 saturated carbocycles. The van der Waals surface area contributed by atoms with Crippen LogP contribution in [0.5, 0.6) is 0 Å². The van der Waals surface area contributed by atoms with Crippen molar-refractivity contribution < 1.29 is 14.3 Å². The van der Waals surface area contributed by atoms with Gasteiger partial charge >= 0.3 is 5.97 Å². The number of nitrogens with zero attached hydrogens (tertiary/aromatic N) is 6.